The Morgan fingerprint density at radius 3 is 2.07 bits per heavy atom. The van der Waals surface area contributed by atoms with Crippen LogP contribution in [0.15, 0.2) is 0 Å². The number of rotatable bonds is 8. The molecule has 0 amide bonds. The van der Waals surface area contributed by atoms with Crippen LogP contribution in [0.25, 0.3) is 0 Å². The van der Waals surface area contributed by atoms with E-state index in [-0.39, 0.29) is 0 Å². The molecule has 0 atom stereocenters. The Balaban J connectivity index is 4.02. The molecule has 0 bridgehead atoms. The fraction of sp³-hybridized carbons (Fsp3) is 0.900. The van der Waals surface area contributed by atoms with Crippen molar-refractivity contribution in [3.05, 3.63) is 0 Å². The average Bonchev–Trinajstić information content (AvgIpc) is 2.18. The van der Waals surface area contributed by atoms with Gasteiger partial charge in [0.25, 0.3) is 0 Å². The van der Waals surface area contributed by atoms with Crippen molar-refractivity contribution < 1.29 is 20.1 Å². The van der Waals surface area contributed by atoms with E-state index in [4.69, 9.17) is 15.3 Å². The van der Waals surface area contributed by atoms with E-state index in [0.29, 0.717) is 6.42 Å². The third-order valence-electron chi connectivity index (χ3n) is 2.57. The standard InChI is InChI=1S/C10H20O4/c1-2-3-4-5-6-10(7-11,8-12)9(13)14/h11-12H,2-8H2,1H3,(H,13,14). The Hall–Kier alpha value is -0.610. The summed E-state index contributed by atoms with van der Waals surface area (Å²) >= 11 is 0. The van der Waals surface area contributed by atoms with Gasteiger partial charge >= 0.3 is 5.97 Å². The van der Waals surface area contributed by atoms with Crippen LogP contribution in [0.4, 0.5) is 0 Å². The summed E-state index contributed by atoms with van der Waals surface area (Å²) in [6, 6.07) is 0. The molecule has 0 aromatic heterocycles. The molecule has 0 aliphatic heterocycles. The normalized spacial score (nSPS) is 11.6. The second kappa shape index (κ2) is 6.79. The number of hydrogen-bond acceptors (Lipinski definition) is 3. The molecule has 0 aromatic carbocycles. The van der Waals surface area contributed by atoms with Gasteiger partial charge < -0.3 is 15.3 Å². The second-order valence-electron chi connectivity index (χ2n) is 3.71. The molecule has 0 aromatic rings. The van der Waals surface area contributed by atoms with Gasteiger partial charge in [-0.3, -0.25) is 4.79 Å². The highest BCUT2D eigenvalue weighted by atomic mass is 16.4. The number of carboxylic acid groups (broad SMARTS) is 1. The zero-order valence-corrected chi connectivity index (χ0v) is 8.70. The third kappa shape index (κ3) is 3.64. The van der Waals surface area contributed by atoms with Crippen LogP contribution in [-0.2, 0) is 4.79 Å². The minimum atomic E-state index is -1.34. The van der Waals surface area contributed by atoms with Crippen molar-refractivity contribution in [3.63, 3.8) is 0 Å². The van der Waals surface area contributed by atoms with Crippen molar-refractivity contribution in [2.75, 3.05) is 13.2 Å². The summed E-state index contributed by atoms with van der Waals surface area (Å²) < 4.78 is 0. The van der Waals surface area contributed by atoms with Gasteiger partial charge in [-0.15, -0.1) is 0 Å². The summed E-state index contributed by atoms with van der Waals surface area (Å²) in [5, 5.41) is 26.8. The summed E-state index contributed by atoms with van der Waals surface area (Å²) in [7, 11) is 0. The van der Waals surface area contributed by atoms with Gasteiger partial charge in [0, 0.05) is 0 Å². The SMILES string of the molecule is CCCCCCC(CO)(CO)C(=O)O. The molecular weight excluding hydrogens is 184 g/mol. The van der Waals surface area contributed by atoms with Gasteiger partial charge in [-0.05, 0) is 6.42 Å². The van der Waals surface area contributed by atoms with Crippen molar-refractivity contribution in [2.24, 2.45) is 5.41 Å². The molecular formula is C10H20O4. The summed E-state index contributed by atoms with van der Waals surface area (Å²) in [6.07, 6.45) is 4.17. The lowest BCUT2D eigenvalue weighted by Crippen LogP contribution is -2.38. The summed E-state index contributed by atoms with van der Waals surface area (Å²) in [4.78, 5) is 10.8. The molecule has 0 heterocycles. The first-order chi connectivity index (χ1) is 6.63. The molecule has 0 unspecified atom stereocenters. The van der Waals surface area contributed by atoms with E-state index in [2.05, 4.69) is 6.92 Å². The van der Waals surface area contributed by atoms with Crippen LogP contribution in [0, 0.1) is 5.41 Å². The number of aliphatic hydroxyl groups is 2. The first-order valence-corrected chi connectivity index (χ1v) is 5.08. The molecule has 0 aliphatic carbocycles. The number of hydrogen-bond donors (Lipinski definition) is 3. The highest BCUT2D eigenvalue weighted by Crippen LogP contribution is 2.24. The van der Waals surface area contributed by atoms with Gasteiger partial charge in [-0.25, -0.2) is 0 Å². The minimum absolute atomic E-state index is 0.343. The fourth-order valence-corrected chi connectivity index (χ4v) is 1.34. The van der Waals surface area contributed by atoms with Crippen molar-refractivity contribution in [1.29, 1.82) is 0 Å². The maximum atomic E-state index is 10.8. The summed E-state index contributed by atoms with van der Waals surface area (Å²) in [5.74, 6) is -1.11. The number of carbonyl (C=O) groups is 1. The van der Waals surface area contributed by atoms with Crippen LogP contribution >= 0.6 is 0 Å². The van der Waals surface area contributed by atoms with Crippen molar-refractivity contribution in [3.8, 4) is 0 Å². The third-order valence-corrected chi connectivity index (χ3v) is 2.57. The quantitative estimate of drug-likeness (QED) is 0.516. The van der Waals surface area contributed by atoms with Crippen LogP contribution in [-0.4, -0.2) is 34.5 Å². The molecule has 0 saturated heterocycles. The minimum Gasteiger partial charge on any atom is -0.481 e. The van der Waals surface area contributed by atoms with Gasteiger partial charge in [-0.2, -0.15) is 0 Å². The van der Waals surface area contributed by atoms with Gasteiger partial charge in [-0.1, -0.05) is 32.6 Å². The van der Waals surface area contributed by atoms with Gasteiger partial charge in [0.1, 0.15) is 5.41 Å². The topological polar surface area (TPSA) is 77.8 Å². The maximum Gasteiger partial charge on any atom is 0.314 e. The van der Waals surface area contributed by atoms with Crippen molar-refractivity contribution in [2.45, 2.75) is 39.0 Å². The Kier molecular flexibility index (Phi) is 6.49. The van der Waals surface area contributed by atoms with Gasteiger partial charge in [0.05, 0.1) is 13.2 Å². The van der Waals surface area contributed by atoms with E-state index in [1.54, 1.807) is 0 Å². The molecule has 0 saturated carbocycles. The van der Waals surface area contributed by atoms with Gasteiger partial charge in [0.15, 0.2) is 0 Å². The van der Waals surface area contributed by atoms with Crippen molar-refractivity contribution in [1.82, 2.24) is 0 Å². The molecule has 14 heavy (non-hydrogen) atoms. The van der Waals surface area contributed by atoms with Crippen LogP contribution in [0.2, 0.25) is 0 Å². The van der Waals surface area contributed by atoms with Crippen molar-refractivity contribution >= 4 is 5.97 Å². The van der Waals surface area contributed by atoms with E-state index >= 15 is 0 Å². The summed E-state index contributed by atoms with van der Waals surface area (Å²) in [6.45, 7) is 1.08. The second-order valence-corrected chi connectivity index (χ2v) is 3.71. The Bertz CT molecular complexity index is 164. The van der Waals surface area contributed by atoms with Crippen LogP contribution < -0.4 is 0 Å². The molecule has 0 radical (unpaired) electrons. The average molecular weight is 204 g/mol. The van der Waals surface area contributed by atoms with E-state index in [0.717, 1.165) is 25.7 Å². The van der Waals surface area contributed by atoms with Crippen LogP contribution in [0.3, 0.4) is 0 Å². The molecule has 0 rings (SSSR count). The molecule has 84 valence electrons. The Labute approximate surface area is 84.6 Å². The highest BCUT2D eigenvalue weighted by molar-refractivity contribution is 5.74. The zero-order chi connectivity index (χ0) is 11.0. The molecule has 3 N–H and O–H groups in total. The Morgan fingerprint density at radius 2 is 1.71 bits per heavy atom. The maximum absolute atomic E-state index is 10.8. The van der Waals surface area contributed by atoms with E-state index in [1.807, 2.05) is 0 Å². The zero-order valence-electron chi connectivity index (χ0n) is 8.70. The number of carboxylic acids is 1. The molecule has 4 nitrogen and oxygen atoms in total. The first kappa shape index (κ1) is 13.4. The largest absolute Gasteiger partial charge is 0.481 e. The smallest absolute Gasteiger partial charge is 0.314 e. The van der Waals surface area contributed by atoms with Gasteiger partial charge in [0.2, 0.25) is 0 Å². The monoisotopic (exact) mass is 204 g/mol. The molecule has 4 heteroatoms. The molecule has 0 aliphatic rings. The number of aliphatic hydroxyl groups excluding tert-OH is 2. The van der Waals surface area contributed by atoms with E-state index in [9.17, 15) is 4.79 Å². The lowest BCUT2D eigenvalue weighted by molar-refractivity contribution is -0.155. The summed E-state index contributed by atoms with van der Waals surface area (Å²) in [5.41, 5.74) is -1.34. The predicted octanol–water partition coefficient (Wildman–Crippen LogP) is 1.01. The van der Waals surface area contributed by atoms with Crippen LogP contribution in [0.5, 0.6) is 0 Å². The number of unbranched alkanes of at least 4 members (excludes halogenated alkanes) is 3. The highest BCUT2D eigenvalue weighted by Gasteiger charge is 2.36. The van der Waals surface area contributed by atoms with Crippen LogP contribution in [0.1, 0.15) is 39.0 Å². The van der Waals surface area contributed by atoms with E-state index < -0.39 is 24.6 Å². The fourth-order valence-electron chi connectivity index (χ4n) is 1.34. The lowest BCUT2D eigenvalue weighted by Gasteiger charge is -2.24. The van der Waals surface area contributed by atoms with E-state index in [1.165, 1.54) is 0 Å². The predicted molar refractivity (Wildman–Crippen MR) is 53.0 cm³/mol. The lowest BCUT2D eigenvalue weighted by atomic mass is 9.84. The molecule has 0 fully saturated rings. The Morgan fingerprint density at radius 1 is 1.14 bits per heavy atom. The number of aliphatic carboxylic acids is 1. The first-order valence-electron chi connectivity index (χ1n) is 5.08. The molecule has 0 spiro atoms.